The summed E-state index contributed by atoms with van der Waals surface area (Å²) >= 11 is 0. The van der Waals surface area contributed by atoms with Crippen LogP contribution in [-0.2, 0) is 4.79 Å². The molecule has 0 aliphatic rings. The standard InChI is InChI=1S/C21H26N2O2/c1-5-22(6-2)21(25)19(23-14-8-7-9-20(23)24)15-17-10-12-18(13-11-17)16(3)4/h7-16H,5-6H2,1-4H3/b19-15+. The van der Waals surface area contributed by atoms with E-state index in [9.17, 15) is 9.59 Å². The summed E-state index contributed by atoms with van der Waals surface area (Å²) in [4.78, 5) is 26.9. The van der Waals surface area contributed by atoms with Crippen molar-refractivity contribution in [3.63, 3.8) is 0 Å². The molecule has 1 amide bonds. The number of carbonyl (C=O) groups is 1. The largest absolute Gasteiger partial charge is 0.338 e. The SMILES string of the molecule is CCN(CC)C(=O)/C(=C\c1ccc(C(C)C)cc1)n1ccccc1=O. The summed E-state index contributed by atoms with van der Waals surface area (Å²) in [6.07, 6.45) is 3.42. The van der Waals surface area contributed by atoms with Crippen molar-refractivity contribution in [2.24, 2.45) is 0 Å². The van der Waals surface area contributed by atoms with E-state index in [-0.39, 0.29) is 11.5 Å². The smallest absolute Gasteiger partial charge is 0.270 e. The minimum Gasteiger partial charge on any atom is -0.338 e. The van der Waals surface area contributed by atoms with Crippen LogP contribution in [0.4, 0.5) is 0 Å². The number of hydrogen-bond acceptors (Lipinski definition) is 2. The highest BCUT2D eigenvalue weighted by Crippen LogP contribution is 2.18. The lowest BCUT2D eigenvalue weighted by Gasteiger charge is -2.21. The fraction of sp³-hybridized carbons (Fsp3) is 0.333. The number of benzene rings is 1. The molecular weight excluding hydrogens is 312 g/mol. The van der Waals surface area contributed by atoms with Crippen molar-refractivity contribution in [2.45, 2.75) is 33.6 Å². The zero-order chi connectivity index (χ0) is 18.4. The molecule has 25 heavy (non-hydrogen) atoms. The number of pyridine rings is 1. The first-order valence-electron chi connectivity index (χ1n) is 8.76. The number of carbonyl (C=O) groups excluding carboxylic acids is 1. The molecule has 0 radical (unpaired) electrons. The van der Waals surface area contributed by atoms with E-state index in [1.807, 2.05) is 26.0 Å². The summed E-state index contributed by atoms with van der Waals surface area (Å²) in [7, 11) is 0. The molecule has 4 nitrogen and oxygen atoms in total. The summed E-state index contributed by atoms with van der Waals surface area (Å²) in [5.41, 5.74) is 2.29. The zero-order valence-corrected chi connectivity index (χ0v) is 15.4. The van der Waals surface area contributed by atoms with Gasteiger partial charge in [-0.15, -0.1) is 0 Å². The molecule has 0 fully saturated rings. The Morgan fingerprint density at radius 3 is 2.24 bits per heavy atom. The topological polar surface area (TPSA) is 42.3 Å². The number of hydrogen-bond donors (Lipinski definition) is 0. The monoisotopic (exact) mass is 338 g/mol. The minimum atomic E-state index is -0.215. The van der Waals surface area contributed by atoms with Crippen molar-refractivity contribution in [1.82, 2.24) is 9.47 Å². The van der Waals surface area contributed by atoms with Crippen molar-refractivity contribution in [2.75, 3.05) is 13.1 Å². The molecule has 0 saturated carbocycles. The zero-order valence-electron chi connectivity index (χ0n) is 15.4. The van der Waals surface area contributed by atoms with E-state index in [2.05, 4.69) is 26.0 Å². The first kappa shape index (κ1) is 18.7. The molecule has 2 aromatic rings. The molecular formula is C21H26N2O2. The van der Waals surface area contributed by atoms with Gasteiger partial charge in [-0.1, -0.05) is 44.2 Å². The van der Waals surface area contributed by atoms with Gasteiger partial charge in [0.25, 0.3) is 11.5 Å². The lowest BCUT2D eigenvalue weighted by molar-refractivity contribution is -0.125. The van der Waals surface area contributed by atoms with Crippen LogP contribution in [0, 0.1) is 0 Å². The first-order valence-corrected chi connectivity index (χ1v) is 8.76. The molecule has 1 aromatic carbocycles. The van der Waals surface area contributed by atoms with Crippen LogP contribution in [-0.4, -0.2) is 28.5 Å². The molecule has 0 aliphatic carbocycles. The van der Waals surface area contributed by atoms with Gasteiger partial charge in [-0.25, -0.2) is 0 Å². The summed E-state index contributed by atoms with van der Waals surface area (Å²) in [5, 5.41) is 0. The van der Waals surface area contributed by atoms with Crippen LogP contribution in [0.5, 0.6) is 0 Å². The van der Waals surface area contributed by atoms with Gasteiger partial charge < -0.3 is 4.90 Å². The summed E-state index contributed by atoms with van der Waals surface area (Å²) in [5.74, 6) is 0.304. The highest BCUT2D eigenvalue weighted by atomic mass is 16.2. The van der Waals surface area contributed by atoms with Crippen LogP contribution in [0.25, 0.3) is 11.8 Å². The second-order valence-corrected chi connectivity index (χ2v) is 6.24. The third-order valence-electron chi connectivity index (χ3n) is 4.26. The van der Waals surface area contributed by atoms with Gasteiger partial charge in [0.05, 0.1) is 0 Å². The Balaban J connectivity index is 2.52. The molecule has 0 spiro atoms. The Bertz CT molecular complexity index is 797. The maximum absolute atomic E-state index is 12.9. The number of aromatic nitrogens is 1. The van der Waals surface area contributed by atoms with Crippen LogP contribution < -0.4 is 5.56 Å². The molecule has 0 aliphatic heterocycles. The summed E-state index contributed by atoms with van der Waals surface area (Å²) < 4.78 is 1.41. The molecule has 0 saturated heterocycles. The van der Waals surface area contributed by atoms with Crippen LogP contribution in [0.1, 0.15) is 44.7 Å². The highest BCUT2D eigenvalue weighted by Gasteiger charge is 2.18. The number of rotatable bonds is 6. The lowest BCUT2D eigenvalue weighted by atomic mass is 10.0. The van der Waals surface area contributed by atoms with E-state index in [4.69, 9.17) is 0 Å². The maximum Gasteiger partial charge on any atom is 0.270 e. The van der Waals surface area contributed by atoms with Gasteiger partial charge in [-0.05, 0) is 43.0 Å². The maximum atomic E-state index is 12.9. The van der Waals surface area contributed by atoms with Crippen molar-refractivity contribution in [1.29, 1.82) is 0 Å². The molecule has 0 bridgehead atoms. The molecule has 2 rings (SSSR count). The van der Waals surface area contributed by atoms with Gasteiger partial charge in [-0.2, -0.15) is 0 Å². The number of likely N-dealkylation sites (N-methyl/N-ethyl adjacent to an activating group) is 1. The van der Waals surface area contributed by atoms with Gasteiger partial charge in [0.1, 0.15) is 5.70 Å². The van der Waals surface area contributed by atoms with E-state index in [1.54, 1.807) is 29.3 Å². The molecule has 0 N–H and O–H groups in total. The van der Waals surface area contributed by atoms with E-state index < -0.39 is 0 Å². The Kier molecular flexibility index (Phi) is 6.34. The van der Waals surface area contributed by atoms with Crippen LogP contribution in [0.3, 0.4) is 0 Å². The Labute approximate surface area is 149 Å². The Morgan fingerprint density at radius 2 is 1.72 bits per heavy atom. The average Bonchev–Trinajstić information content (AvgIpc) is 2.61. The van der Waals surface area contributed by atoms with Gasteiger partial charge in [-0.3, -0.25) is 14.2 Å². The van der Waals surface area contributed by atoms with Crippen molar-refractivity contribution in [3.05, 3.63) is 70.1 Å². The number of amides is 1. The third kappa shape index (κ3) is 4.47. The molecule has 4 heteroatoms. The van der Waals surface area contributed by atoms with E-state index in [0.29, 0.717) is 24.7 Å². The van der Waals surface area contributed by atoms with Gasteiger partial charge >= 0.3 is 0 Å². The molecule has 132 valence electrons. The second-order valence-electron chi connectivity index (χ2n) is 6.24. The van der Waals surface area contributed by atoms with Crippen LogP contribution in [0.15, 0.2) is 53.5 Å². The highest BCUT2D eigenvalue weighted by molar-refractivity contribution is 6.18. The van der Waals surface area contributed by atoms with Crippen LogP contribution in [0.2, 0.25) is 0 Å². The summed E-state index contributed by atoms with van der Waals surface area (Å²) in [6.45, 7) is 9.35. The first-order chi connectivity index (χ1) is 12.0. The number of nitrogens with zero attached hydrogens (tertiary/aromatic N) is 2. The van der Waals surface area contributed by atoms with Gasteiger partial charge in [0, 0.05) is 25.4 Å². The predicted octanol–water partition coefficient (Wildman–Crippen LogP) is 3.84. The van der Waals surface area contributed by atoms with E-state index in [0.717, 1.165) is 5.56 Å². The fourth-order valence-electron chi connectivity index (χ4n) is 2.67. The molecule has 0 atom stereocenters. The molecule has 1 heterocycles. The van der Waals surface area contributed by atoms with Gasteiger partial charge in [0.2, 0.25) is 0 Å². The van der Waals surface area contributed by atoms with Crippen molar-refractivity contribution >= 4 is 17.7 Å². The Morgan fingerprint density at radius 1 is 1.08 bits per heavy atom. The quantitative estimate of drug-likeness (QED) is 0.751. The third-order valence-corrected chi connectivity index (χ3v) is 4.26. The molecule has 0 unspecified atom stereocenters. The van der Waals surface area contributed by atoms with Gasteiger partial charge in [0.15, 0.2) is 0 Å². The van der Waals surface area contributed by atoms with Crippen molar-refractivity contribution in [3.8, 4) is 0 Å². The van der Waals surface area contributed by atoms with E-state index >= 15 is 0 Å². The summed E-state index contributed by atoms with van der Waals surface area (Å²) in [6, 6.07) is 13.0. The lowest BCUT2D eigenvalue weighted by Crippen LogP contribution is -2.35. The normalized spacial score (nSPS) is 11.6. The molecule has 1 aromatic heterocycles. The van der Waals surface area contributed by atoms with E-state index in [1.165, 1.54) is 16.2 Å². The van der Waals surface area contributed by atoms with Crippen LogP contribution >= 0.6 is 0 Å². The van der Waals surface area contributed by atoms with Crippen molar-refractivity contribution < 1.29 is 4.79 Å². The average molecular weight is 338 g/mol. The second kappa shape index (κ2) is 8.47. The predicted molar refractivity (Wildman–Crippen MR) is 103 cm³/mol. The fourth-order valence-corrected chi connectivity index (χ4v) is 2.67. The minimum absolute atomic E-state index is 0.147. The Hall–Kier alpha value is -2.62.